The number of nitrogens with one attached hydrogen (secondary N) is 3. The SMILES string of the molecule is COc1ccc(S(=O)(=O)NCCC(=O)Nc2nnc(CCNS(=O)(=O)c3ccc(C)cc3)s2)cc1. The lowest BCUT2D eigenvalue weighted by Crippen LogP contribution is -2.27. The first-order valence-electron chi connectivity index (χ1n) is 10.4. The van der Waals surface area contributed by atoms with Crippen molar-refractivity contribution in [2.75, 3.05) is 25.5 Å². The molecule has 0 atom stereocenters. The third-order valence-corrected chi connectivity index (χ3v) is 8.54. The van der Waals surface area contributed by atoms with Crippen LogP contribution in [0, 0.1) is 6.92 Å². The number of hydrogen-bond donors (Lipinski definition) is 3. The fourth-order valence-corrected chi connectivity index (χ4v) is 5.64. The van der Waals surface area contributed by atoms with Gasteiger partial charge in [-0.3, -0.25) is 4.79 Å². The van der Waals surface area contributed by atoms with E-state index in [4.69, 9.17) is 4.74 Å². The molecule has 0 bridgehead atoms. The molecule has 0 radical (unpaired) electrons. The average Bonchev–Trinajstić information content (AvgIpc) is 3.26. The molecule has 0 saturated carbocycles. The van der Waals surface area contributed by atoms with Gasteiger partial charge in [0.05, 0.1) is 16.9 Å². The molecule has 2 aromatic carbocycles. The van der Waals surface area contributed by atoms with E-state index in [1.165, 1.54) is 43.5 Å². The maximum atomic E-state index is 12.3. The summed E-state index contributed by atoms with van der Waals surface area (Å²) in [7, 11) is -5.91. The number of methoxy groups -OCH3 is 1. The number of aryl methyl sites for hydroxylation is 1. The lowest BCUT2D eigenvalue weighted by atomic mass is 10.2. The van der Waals surface area contributed by atoms with Gasteiger partial charge in [-0.05, 0) is 43.3 Å². The molecule has 3 aromatic rings. The Morgan fingerprint density at radius 3 is 2.06 bits per heavy atom. The smallest absolute Gasteiger partial charge is 0.240 e. The molecule has 1 heterocycles. The monoisotopic (exact) mass is 539 g/mol. The molecule has 0 aliphatic carbocycles. The summed E-state index contributed by atoms with van der Waals surface area (Å²) in [5.41, 5.74) is 0.960. The van der Waals surface area contributed by atoms with Gasteiger partial charge in [0, 0.05) is 25.9 Å². The number of ether oxygens (including phenoxy) is 1. The molecule has 0 aliphatic heterocycles. The Hall–Kier alpha value is -2.91. The van der Waals surface area contributed by atoms with Crippen molar-refractivity contribution in [1.29, 1.82) is 0 Å². The van der Waals surface area contributed by atoms with Crippen molar-refractivity contribution in [3.63, 3.8) is 0 Å². The zero-order chi connectivity index (χ0) is 25.5. The van der Waals surface area contributed by atoms with Gasteiger partial charge in [0.2, 0.25) is 31.1 Å². The van der Waals surface area contributed by atoms with Crippen LogP contribution in [0.5, 0.6) is 5.75 Å². The Labute approximate surface area is 208 Å². The summed E-state index contributed by atoms with van der Waals surface area (Å²) in [6, 6.07) is 12.4. The van der Waals surface area contributed by atoms with Crippen LogP contribution in [0.25, 0.3) is 0 Å². The number of amides is 1. The van der Waals surface area contributed by atoms with Crippen molar-refractivity contribution in [3.8, 4) is 5.75 Å². The molecule has 1 amide bonds. The molecular formula is C21H25N5O6S3. The summed E-state index contributed by atoms with van der Waals surface area (Å²) < 4.78 is 59.1. The lowest BCUT2D eigenvalue weighted by Gasteiger charge is -2.07. The summed E-state index contributed by atoms with van der Waals surface area (Å²) in [5, 5.41) is 11.1. The molecule has 0 saturated heterocycles. The highest BCUT2D eigenvalue weighted by molar-refractivity contribution is 7.89. The average molecular weight is 540 g/mol. The van der Waals surface area contributed by atoms with E-state index < -0.39 is 26.0 Å². The van der Waals surface area contributed by atoms with E-state index in [1.807, 2.05) is 6.92 Å². The Bertz CT molecular complexity index is 1360. The Balaban J connectivity index is 1.42. The molecule has 35 heavy (non-hydrogen) atoms. The van der Waals surface area contributed by atoms with E-state index in [-0.39, 0.29) is 34.4 Å². The second-order valence-electron chi connectivity index (χ2n) is 7.33. The van der Waals surface area contributed by atoms with Crippen LogP contribution < -0.4 is 19.5 Å². The third kappa shape index (κ3) is 7.80. The van der Waals surface area contributed by atoms with E-state index in [0.29, 0.717) is 17.2 Å². The highest BCUT2D eigenvalue weighted by Gasteiger charge is 2.16. The van der Waals surface area contributed by atoms with Crippen LogP contribution in [0.15, 0.2) is 58.3 Å². The van der Waals surface area contributed by atoms with Gasteiger partial charge < -0.3 is 10.1 Å². The van der Waals surface area contributed by atoms with E-state index in [0.717, 1.165) is 16.9 Å². The molecule has 1 aromatic heterocycles. The van der Waals surface area contributed by atoms with Crippen molar-refractivity contribution in [2.45, 2.75) is 29.6 Å². The molecule has 3 rings (SSSR count). The second-order valence-corrected chi connectivity index (χ2v) is 11.9. The molecule has 11 nitrogen and oxygen atoms in total. The predicted molar refractivity (Wildman–Crippen MR) is 131 cm³/mol. The number of hydrogen-bond acceptors (Lipinski definition) is 9. The Morgan fingerprint density at radius 1 is 0.886 bits per heavy atom. The fourth-order valence-electron chi connectivity index (χ4n) is 2.82. The van der Waals surface area contributed by atoms with Gasteiger partial charge in [-0.25, -0.2) is 26.3 Å². The molecule has 14 heteroatoms. The van der Waals surface area contributed by atoms with Crippen LogP contribution in [-0.4, -0.2) is 53.1 Å². The maximum absolute atomic E-state index is 12.3. The van der Waals surface area contributed by atoms with Crippen LogP contribution in [0.4, 0.5) is 5.13 Å². The molecule has 188 valence electrons. The summed E-state index contributed by atoms with van der Waals surface area (Å²) in [6.07, 6.45) is 0.181. The van der Waals surface area contributed by atoms with E-state index in [1.54, 1.807) is 12.1 Å². The number of benzene rings is 2. The first-order chi connectivity index (χ1) is 16.6. The number of carbonyl (C=O) groups excluding carboxylic acids is 1. The van der Waals surface area contributed by atoms with Crippen LogP contribution in [0.1, 0.15) is 17.0 Å². The molecule has 0 fully saturated rings. The quantitative estimate of drug-likeness (QED) is 0.314. The van der Waals surface area contributed by atoms with Gasteiger partial charge in [-0.1, -0.05) is 29.0 Å². The minimum Gasteiger partial charge on any atom is -0.497 e. The zero-order valence-electron chi connectivity index (χ0n) is 19.0. The first kappa shape index (κ1) is 26.7. The predicted octanol–water partition coefficient (Wildman–Crippen LogP) is 1.68. The van der Waals surface area contributed by atoms with Crippen LogP contribution in [-0.2, 0) is 31.3 Å². The number of nitrogens with zero attached hydrogens (tertiary/aromatic N) is 2. The summed E-state index contributed by atoms with van der Waals surface area (Å²) in [5.74, 6) is 0.0913. The number of aromatic nitrogens is 2. The van der Waals surface area contributed by atoms with Gasteiger partial charge in [-0.2, -0.15) is 0 Å². The topological polar surface area (TPSA) is 156 Å². The van der Waals surface area contributed by atoms with Gasteiger partial charge in [0.25, 0.3) is 0 Å². The van der Waals surface area contributed by atoms with Crippen molar-refractivity contribution in [1.82, 2.24) is 19.6 Å². The van der Waals surface area contributed by atoms with Gasteiger partial charge in [-0.15, -0.1) is 10.2 Å². The zero-order valence-corrected chi connectivity index (χ0v) is 21.5. The number of anilines is 1. The largest absolute Gasteiger partial charge is 0.497 e. The summed E-state index contributed by atoms with van der Waals surface area (Å²) in [4.78, 5) is 12.4. The second kappa shape index (κ2) is 11.7. The van der Waals surface area contributed by atoms with Crippen molar-refractivity contribution in [3.05, 3.63) is 59.1 Å². The minimum atomic E-state index is -3.76. The first-order valence-corrected chi connectivity index (χ1v) is 14.2. The molecule has 0 aliphatic rings. The summed E-state index contributed by atoms with van der Waals surface area (Å²) >= 11 is 1.11. The van der Waals surface area contributed by atoms with E-state index in [2.05, 4.69) is 25.0 Å². The van der Waals surface area contributed by atoms with Crippen LogP contribution >= 0.6 is 11.3 Å². The normalized spacial score (nSPS) is 11.8. The standard InChI is InChI=1S/C21H25N5O6S3/c1-15-3-7-17(8-4-15)34(28,29)23-14-12-20-25-26-21(33-20)24-19(27)11-13-22-35(30,31)18-9-5-16(32-2)6-10-18/h3-10,22-23H,11-14H2,1-2H3,(H,24,26,27). The highest BCUT2D eigenvalue weighted by Crippen LogP contribution is 2.17. The third-order valence-electron chi connectivity index (χ3n) is 4.69. The van der Waals surface area contributed by atoms with Gasteiger partial charge in [0.15, 0.2) is 0 Å². The van der Waals surface area contributed by atoms with Crippen molar-refractivity contribution in [2.24, 2.45) is 0 Å². The summed E-state index contributed by atoms with van der Waals surface area (Å²) in [6.45, 7) is 1.88. The van der Waals surface area contributed by atoms with Gasteiger partial charge >= 0.3 is 0 Å². The molecule has 0 unspecified atom stereocenters. The lowest BCUT2D eigenvalue weighted by molar-refractivity contribution is -0.116. The van der Waals surface area contributed by atoms with Crippen LogP contribution in [0.3, 0.4) is 0 Å². The minimum absolute atomic E-state index is 0.0606. The van der Waals surface area contributed by atoms with E-state index >= 15 is 0 Å². The van der Waals surface area contributed by atoms with E-state index in [9.17, 15) is 21.6 Å². The highest BCUT2D eigenvalue weighted by atomic mass is 32.2. The van der Waals surface area contributed by atoms with Crippen molar-refractivity contribution < 1.29 is 26.4 Å². The van der Waals surface area contributed by atoms with Gasteiger partial charge in [0.1, 0.15) is 10.8 Å². The Morgan fingerprint density at radius 2 is 1.46 bits per heavy atom. The molecule has 3 N–H and O–H groups in total. The number of carbonyl (C=O) groups is 1. The fraction of sp³-hybridized carbons (Fsp3) is 0.286. The molecular weight excluding hydrogens is 514 g/mol. The van der Waals surface area contributed by atoms with Crippen LogP contribution in [0.2, 0.25) is 0 Å². The molecule has 0 spiro atoms. The maximum Gasteiger partial charge on any atom is 0.240 e. The number of rotatable bonds is 12. The Kier molecular flexibility index (Phi) is 8.91. The van der Waals surface area contributed by atoms with Crippen molar-refractivity contribution >= 4 is 42.4 Å². The number of sulfonamides is 2.